The van der Waals surface area contributed by atoms with Crippen LogP contribution in [0.1, 0.15) is 37.1 Å². The molecule has 1 aromatic heterocycles. The minimum Gasteiger partial charge on any atom is -0.338 e. The van der Waals surface area contributed by atoms with Gasteiger partial charge in [-0.2, -0.15) is 5.10 Å². The molecule has 0 bridgehead atoms. The van der Waals surface area contributed by atoms with Gasteiger partial charge in [-0.1, -0.05) is 0 Å². The van der Waals surface area contributed by atoms with E-state index in [0.717, 1.165) is 51.1 Å². The largest absolute Gasteiger partial charge is 0.338 e. The van der Waals surface area contributed by atoms with Gasteiger partial charge in [-0.25, -0.2) is 0 Å². The van der Waals surface area contributed by atoms with Crippen LogP contribution >= 0.6 is 0 Å². The molecule has 0 spiro atoms. The van der Waals surface area contributed by atoms with E-state index in [1.807, 2.05) is 6.92 Å². The Hall–Kier alpha value is -1.36. The van der Waals surface area contributed by atoms with Gasteiger partial charge in [-0.05, 0) is 59.2 Å². The normalized spacial score (nSPS) is 26.6. The molecular weight excluding hydrogens is 276 g/mol. The lowest BCUT2D eigenvalue weighted by molar-refractivity contribution is -0.139. The molecule has 2 fully saturated rings. The number of likely N-dealkylation sites (tertiary alicyclic amines) is 2. The predicted octanol–water partition coefficient (Wildman–Crippen LogP) is 1.83. The molecule has 1 amide bonds. The highest BCUT2D eigenvalue weighted by molar-refractivity contribution is 5.79. The molecular formula is C17H28N4O. The summed E-state index contributed by atoms with van der Waals surface area (Å²) in [5.74, 6) is 0.571. The van der Waals surface area contributed by atoms with Crippen LogP contribution in [0, 0.1) is 19.8 Å². The first kappa shape index (κ1) is 15.5. The topological polar surface area (TPSA) is 41.4 Å². The number of carbonyl (C=O) groups is 1. The second-order valence-corrected chi connectivity index (χ2v) is 7.04. The molecule has 5 nitrogen and oxygen atoms in total. The van der Waals surface area contributed by atoms with E-state index in [2.05, 4.69) is 39.6 Å². The average Bonchev–Trinajstić information content (AvgIpc) is 3.05. The zero-order valence-corrected chi connectivity index (χ0v) is 14.1. The Kier molecular flexibility index (Phi) is 4.52. The molecule has 0 aromatic carbocycles. The number of amides is 1. The highest BCUT2D eigenvalue weighted by Gasteiger charge is 2.34. The first-order valence-electron chi connectivity index (χ1n) is 8.54. The number of nitrogens with zero attached hydrogens (tertiary/aromatic N) is 4. The highest BCUT2D eigenvalue weighted by atomic mass is 16.2. The van der Waals surface area contributed by atoms with E-state index in [-0.39, 0.29) is 5.92 Å². The standard InChI is InChI=1S/C17H28N4O/c1-13-10-14(2)21(18-13)12-16-6-4-5-8-20(16)17(22)15-7-9-19(3)11-15/h10,15-16H,4-9,11-12H2,1-3H3/t15-,16+/m1/s1. The monoisotopic (exact) mass is 304 g/mol. The number of piperidine rings is 1. The Labute approximate surface area is 133 Å². The molecule has 2 atom stereocenters. The molecule has 22 heavy (non-hydrogen) atoms. The van der Waals surface area contributed by atoms with E-state index >= 15 is 0 Å². The molecule has 2 aliphatic heterocycles. The van der Waals surface area contributed by atoms with Gasteiger partial charge in [0.15, 0.2) is 0 Å². The smallest absolute Gasteiger partial charge is 0.227 e. The third-order valence-corrected chi connectivity index (χ3v) is 5.14. The van der Waals surface area contributed by atoms with Crippen molar-refractivity contribution in [2.45, 2.75) is 52.1 Å². The van der Waals surface area contributed by atoms with E-state index in [4.69, 9.17) is 0 Å². The lowest BCUT2D eigenvalue weighted by Gasteiger charge is -2.37. The summed E-state index contributed by atoms with van der Waals surface area (Å²) in [7, 11) is 2.11. The van der Waals surface area contributed by atoms with Gasteiger partial charge in [-0.15, -0.1) is 0 Å². The van der Waals surface area contributed by atoms with Gasteiger partial charge < -0.3 is 9.80 Å². The van der Waals surface area contributed by atoms with Crippen LogP contribution in [0.4, 0.5) is 0 Å². The van der Waals surface area contributed by atoms with E-state index in [9.17, 15) is 4.79 Å². The highest BCUT2D eigenvalue weighted by Crippen LogP contribution is 2.24. The quantitative estimate of drug-likeness (QED) is 0.855. The van der Waals surface area contributed by atoms with Crippen LogP contribution in [-0.2, 0) is 11.3 Å². The van der Waals surface area contributed by atoms with Crippen molar-refractivity contribution < 1.29 is 4.79 Å². The van der Waals surface area contributed by atoms with E-state index in [1.165, 1.54) is 12.1 Å². The zero-order valence-electron chi connectivity index (χ0n) is 14.1. The number of carbonyl (C=O) groups excluding carboxylic acids is 1. The average molecular weight is 304 g/mol. The number of aromatic nitrogens is 2. The molecule has 2 saturated heterocycles. The number of hydrogen-bond donors (Lipinski definition) is 0. The molecule has 0 N–H and O–H groups in total. The Morgan fingerprint density at radius 3 is 2.73 bits per heavy atom. The predicted molar refractivity (Wildman–Crippen MR) is 86.7 cm³/mol. The molecule has 0 unspecified atom stereocenters. The summed E-state index contributed by atoms with van der Waals surface area (Å²) in [5, 5.41) is 4.58. The van der Waals surface area contributed by atoms with Crippen molar-refractivity contribution in [3.8, 4) is 0 Å². The molecule has 2 aliphatic rings. The van der Waals surface area contributed by atoms with Crippen LogP contribution < -0.4 is 0 Å². The number of rotatable bonds is 3. The summed E-state index contributed by atoms with van der Waals surface area (Å²) in [6, 6.07) is 2.42. The summed E-state index contributed by atoms with van der Waals surface area (Å²) in [6.45, 7) is 7.86. The van der Waals surface area contributed by atoms with Gasteiger partial charge in [0.1, 0.15) is 0 Å². The lowest BCUT2D eigenvalue weighted by atomic mass is 9.98. The molecule has 122 valence electrons. The maximum atomic E-state index is 12.9. The molecule has 1 aromatic rings. The van der Waals surface area contributed by atoms with E-state index in [0.29, 0.717) is 11.9 Å². The molecule has 3 heterocycles. The van der Waals surface area contributed by atoms with E-state index in [1.54, 1.807) is 0 Å². The van der Waals surface area contributed by atoms with Gasteiger partial charge in [0, 0.05) is 18.8 Å². The van der Waals surface area contributed by atoms with Gasteiger partial charge in [0.25, 0.3) is 0 Å². The van der Waals surface area contributed by atoms with Gasteiger partial charge in [0.05, 0.1) is 24.2 Å². The van der Waals surface area contributed by atoms with Gasteiger partial charge in [-0.3, -0.25) is 9.48 Å². The van der Waals surface area contributed by atoms with Crippen LogP contribution in [-0.4, -0.2) is 58.2 Å². The molecule has 0 aliphatic carbocycles. The molecule has 3 rings (SSSR count). The van der Waals surface area contributed by atoms with Crippen molar-refractivity contribution in [3.63, 3.8) is 0 Å². The minimum absolute atomic E-state index is 0.200. The fourth-order valence-electron chi connectivity index (χ4n) is 3.91. The first-order chi connectivity index (χ1) is 10.5. The van der Waals surface area contributed by atoms with Crippen molar-refractivity contribution in [1.82, 2.24) is 19.6 Å². The Bertz CT molecular complexity index is 539. The third-order valence-electron chi connectivity index (χ3n) is 5.14. The Morgan fingerprint density at radius 1 is 1.27 bits per heavy atom. The summed E-state index contributed by atoms with van der Waals surface area (Å²) in [4.78, 5) is 17.3. The van der Waals surface area contributed by atoms with Crippen molar-refractivity contribution in [2.75, 3.05) is 26.7 Å². The fraction of sp³-hybridized carbons (Fsp3) is 0.765. The summed E-state index contributed by atoms with van der Waals surface area (Å²) >= 11 is 0. The lowest BCUT2D eigenvalue weighted by Crippen LogP contribution is -2.48. The minimum atomic E-state index is 0.200. The zero-order chi connectivity index (χ0) is 15.7. The summed E-state index contributed by atoms with van der Waals surface area (Å²) in [5.41, 5.74) is 2.25. The molecule has 5 heteroatoms. The van der Waals surface area contributed by atoms with Crippen molar-refractivity contribution in [1.29, 1.82) is 0 Å². The molecule has 0 saturated carbocycles. The number of hydrogen-bond acceptors (Lipinski definition) is 3. The van der Waals surface area contributed by atoms with Crippen LogP contribution in [0.15, 0.2) is 6.07 Å². The van der Waals surface area contributed by atoms with Crippen LogP contribution in [0.5, 0.6) is 0 Å². The second-order valence-electron chi connectivity index (χ2n) is 7.04. The second kappa shape index (κ2) is 6.41. The van der Waals surface area contributed by atoms with Crippen molar-refractivity contribution in [2.24, 2.45) is 5.92 Å². The van der Waals surface area contributed by atoms with Gasteiger partial charge >= 0.3 is 0 Å². The van der Waals surface area contributed by atoms with Crippen LogP contribution in [0.25, 0.3) is 0 Å². The fourth-order valence-corrected chi connectivity index (χ4v) is 3.91. The van der Waals surface area contributed by atoms with Crippen LogP contribution in [0.3, 0.4) is 0 Å². The maximum absolute atomic E-state index is 12.9. The Balaban J connectivity index is 1.71. The van der Waals surface area contributed by atoms with Crippen molar-refractivity contribution >= 4 is 5.91 Å². The van der Waals surface area contributed by atoms with E-state index < -0.39 is 0 Å². The Morgan fingerprint density at radius 2 is 2.09 bits per heavy atom. The summed E-state index contributed by atoms with van der Waals surface area (Å²) in [6.07, 6.45) is 4.48. The number of aryl methyl sites for hydroxylation is 2. The maximum Gasteiger partial charge on any atom is 0.227 e. The van der Waals surface area contributed by atoms with Crippen molar-refractivity contribution in [3.05, 3.63) is 17.5 Å². The SMILES string of the molecule is Cc1cc(C)n(C[C@@H]2CCCCN2C(=O)[C@@H]2CCN(C)C2)n1. The first-order valence-corrected chi connectivity index (χ1v) is 8.54. The third kappa shape index (κ3) is 3.19. The summed E-state index contributed by atoms with van der Waals surface area (Å²) < 4.78 is 2.08. The van der Waals surface area contributed by atoms with Gasteiger partial charge in [0.2, 0.25) is 5.91 Å². The molecule has 0 radical (unpaired) electrons. The van der Waals surface area contributed by atoms with Crippen LogP contribution in [0.2, 0.25) is 0 Å².